The first kappa shape index (κ1) is 20.2. The number of rotatable bonds is 5. The topological polar surface area (TPSA) is 114 Å². The van der Waals surface area contributed by atoms with Crippen molar-refractivity contribution in [2.45, 2.75) is 63.5 Å². The molecule has 31 heavy (non-hydrogen) atoms. The van der Waals surface area contributed by atoms with Crippen molar-refractivity contribution < 1.29 is 14.7 Å². The van der Waals surface area contributed by atoms with Gasteiger partial charge in [0, 0.05) is 29.1 Å². The quantitative estimate of drug-likeness (QED) is 0.686. The van der Waals surface area contributed by atoms with Gasteiger partial charge in [0.2, 0.25) is 11.8 Å². The molecule has 0 aliphatic heterocycles. The zero-order chi connectivity index (χ0) is 22.0. The summed E-state index contributed by atoms with van der Waals surface area (Å²) in [6.45, 7) is 1.58. The maximum absolute atomic E-state index is 13.1. The minimum absolute atomic E-state index is 0.0762. The highest BCUT2D eigenvalue weighted by molar-refractivity contribution is 6.02. The van der Waals surface area contributed by atoms with Gasteiger partial charge in [-0.25, -0.2) is 0 Å². The van der Waals surface area contributed by atoms with Crippen LogP contribution in [0.5, 0.6) is 0 Å². The Kier molecular flexibility index (Phi) is 4.52. The van der Waals surface area contributed by atoms with Crippen molar-refractivity contribution in [3.63, 3.8) is 0 Å². The monoisotopic (exact) mass is 423 g/mol. The molecule has 1 aromatic carbocycles. The molecule has 4 saturated carbocycles. The summed E-state index contributed by atoms with van der Waals surface area (Å²) in [5.74, 6) is 0.403. The van der Waals surface area contributed by atoms with Crippen LogP contribution in [0.15, 0.2) is 35.3 Å². The van der Waals surface area contributed by atoms with Gasteiger partial charge in [-0.1, -0.05) is 6.07 Å². The summed E-state index contributed by atoms with van der Waals surface area (Å²) < 4.78 is 1.31. The minimum Gasteiger partial charge on any atom is -0.390 e. The third-order valence-corrected chi connectivity index (χ3v) is 7.76. The molecule has 4 fully saturated rings. The van der Waals surface area contributed by atoms with Crippen LogP contribution in [0.2, 0.25) is 0 Å². The Labute approximate surface area is 180 Å². The lowest BCUT2D eigenvalue weighted by atomic mass is 9.47. The maximum Gasteiger partial charge on any atom is 0.259 e. The van der Waals surface area contributed by atoms with E-state index in [4.69, 9.17) is 5.73 Å². The number of amides is 2. The largest absolute Gasteiger partial charge is 0.390 e. The molecule has 1 aromatic heterocycles. The zero-order valence-electron chi connectivity index (χ0n) is 17.8. The summed E-state index contributed by atoms with van der Waals surface area (Å²) in [6.07, 6.45) is 7.64. The molecule has 7 nitrogen and oxygen atoms in total. The molecule has 1 heterocycles. The van der Waals surface area contributed by atoms with E-state index in [0.29, 0.717) is 41.1 Å². The van der Waals surface area contributed by atoms with Crippen molar-refractivity contribution in [1.29, 1.82) is 0 Å². The molecular formula is C24H29N3O4. The SMILES string of the molecule is CC(C(N)=O)n1ccc2c(NC(=O)CC34CC5CC(CC(O)(C5)C3)C4)cccc2c1=O. The molecule has 0 spiro atoms. The highest BCUT2D eigenvalue weighted by Gasteiger charge is 2.57. The van der Waals surface area contributed by atoms with Crippen LogP contribution in [0, 0.1) is 17.3 Å². The van der Waals surface area contributed by atoms with Crippen LogP contribution in [-0.4, -0.2) is 27.1 Å². The van der Waals surface area contributed by atoms with Crippen molar-refractivity contribution in [1.82, 2.24) is 4.57 Å². The first-order valence-corrected chi connectivity index (χ1v) is 11.1. The Balaban J connectivity index is 1.40. The second kappa shape index (κ2) is 6.92. The van der Waals surface area contributed by atoms with Gasteiger partial charge in [0.15, 0.2) is 0 Å². The lowest BCUT2D eigenvalue weighted by Gasteiger charge is -2.60. The minimum atomic E-state index is -0.753. The third-order valence-electron chi connectivity index (χ3n) is 7.76. The highest BCUT2D eigenvalue weighted by Crippen LogP contribution is 2.62. The van der Waals surface area contributed by atoms with Crippen molar-refractivity contribution in [2.75, 3.05) is 5.32 Å². The molecule has 4 N–H and O–H groups in total. The standard InChI is InChI=1S/C24H29N3O4/c1-14(21(25)29)27-6-5-17-18(22(27)30)3-2-4-19(17)26-20(28)12-23-8-15-7-16(9-23)11-24(31,10-15)13-23/h2-6,14-16,31H,7-13H2,1H3,(H2,25,29)(H,26,28). The van der Waals surface area contributed by atoms with E-state index < -0.39 is 17.6 Å². The van der Waals surface area contributed by atoms with E-state index in [1.54, 1.807) is 37.4 Å². The van der Waals surface area contributed by atoms with Crippen LogP contribution in [-0.2, 0) is 9.59 Å². The first-order chi connectivity index (χ1) is 14.7. The number of nitrogens with zero attached hydrogens (tertiary/aromatic N) is 1. The number of nitrogens with two attached hydrogens (primary N) is 1. The Bertz CT molecular complexity index is 1120. The molecular weight excluding hydrogens is 394 g/mol. The molecule has 6 rings (SSSR count). The van der Waals surface area contributed by atoms with Gasteiger partial charge in [-0.2, -0.15) is 0 Å². The molecule has 0 radical (unpaired) electrons. The average molecular weight is 424 g/mol. The fourth-order valence-corrected chi connectivity index (χ4v) is 6.99. The summed E-state index contributed by atoms with van der Waals surface area (Å²) >= 11 is 0. The number of benzene rings is 1. The van der Waals surface area contributed by atoms with Crippen molar-refractivity contribution >= 4 is 28.3 Å². The molecule has 2 aromatic rings. The van der Waals surface area contributed by atoms with Crippen LogP contribution in [0.3, 0.4) is 0 Å². The molecule has 3 atom stereocenters. The number of hydrogen-bond acceptors (Lipinski definition) is 4. The molecule has 4 aliphatic carbocycles. The molecule has 0 saturated heterocycles. The van der Waals surface area contributed by atoms with Crippen LogP contribution >= 0.6 is 0 Å². The number of pyridine rings is 1. The molecule has 164 valence electrons. The third kappa shape index (κ3) is 3.45. The number of aromatic nitrogens is 1. The predicted octanol–water partition coefficient (Wildman–Crippen LogP) is 2.71. The summed E-state index contributed by atoms with van der Waals surface area (Å²) in [4.78, 5) is 37.4. The number of hydrogen-bond donors (Lipinski definition) is 3. The fraction of sp³-hybridized carbons (Fsp3) is 0.542. The van der Waals surface area contributed by atoms with Gasteiger partial charge in [0.05, 0.1) is 5.60 Å². The predicted molar refractivity (Wildman–Crippen MR) is 117 cm³/mol. The average Bonchev–Trinajstić information content (AvgIpc) is 2.65. The van der Waals surface area contributed by atoms with E-state index in [-0.39, 0.29) is 16.9 Å². The Morgan fingerprint density at radius 1 is 1.19 bits per heavy atom. The van der Waals surface area contributed by atoms with Crippen LogP contribution in [0.25, 0.3) is 10.8 Å². The summed E-state index contributed by atoms with van der Waals surface area (Å²) in [7, 11) is 0. The summed E-state index contributed by atoms with van der Waals surface area (Å²) in [6, 6.07) is 6.18. The normalized spacial score (nSPS) is 32.2. The second-order valence-corrected chi connectivity index (χ2v) is 10.3. The van der Waals surface area contributed by atoms with Crippen LogP contribution < -0.4 is 16.6 Å². The Hall–Kier alpha value is -2.67. The lowest BCUT2D eigenvalue weighted by Crippen LogP contribution is -2.56. The van der Waals surface area contributed by atoms with E-state index in [9.17, 15) is 19.5 Å². The van der Waals surface area contributed by atoms with E-state index in [2.05, 4.69) is 5.32 Å². The van der Waals surface area contributed by atoms with Crippen LogP contribution in [0.1, 0.15) is 57.9 Å². The molecule has 4 bridgehead atoms. The van der Waals surface area contributed by atoms with Gasteiger partial charge in [0.1, 0.15) is 6.04 Å². The number of carbonyl (C=O) groups excluding carboxylic acids is 2. The fourth-order valence-electron chi connectivity index (χ4n) is 6.99. The number of aliphatic hydroxyl groups is 1. The second-order valence-electron chi connectivity index (χ2n) is 10.3. The zero-order valence-corrected chi connectivity index (χ0v) is 17.8. The van der Waals surface area contributed by atoms with E-state index in [1.807, 2.05) is 0 Å². The number of carbonyl (C=O) groups is 2. The van der Waals surface area contributed by atoms with E-state index in [0.717, 1.165) is 25.7 Å². The molecule has 2 amide bonds. The van der Waals surface area contributed by atoms with E-state index in [1.165, 1.54) is 11.0 Å². The molecule has 4 aliphatic rings. The number of anilines is 1. The van der Waals surface area contributed by atoms with Gasteiger partial charge in [-0.3, -0.25) is 14.4 Å². The summed E-state index contributed by atoms with van der Waals surface area (Å²) in [5, 5.41) is 15.0. The van der Waals surface area contributed by atoms with E-state index >= 15 is 0 Å². The van der Waals surface area contributed by atoms with Crippen LogP contribution in [0.4, 0.5) is 5.69 Å². The Morgan fingerprint density at radius 3 is 2.55 bits per heavy atom. The highest BCUT2D eigenvalue weighted by atomic mass is 16.3. The number of fused-ring (bicyclic) bond motifs is 1. The maximum atomic E-state index is 13.1. The van der Waals surface area contributed by atoms with Gasteiger partial charge in [-0.15, -0.1) is 0 Å². The number of nitrogens with one attached hydrogen (secondary N) is 1. The lowest BCUT2D eigenvalue weighted by molar-refractivity contribution is -0.167. The molecule has 7 heteroatoms. The number of primary amides is 1. The molecule has 3 unspecified atom stereocenters. The van der Waals surface area contributed by atoms with Gasteiger partial charge >= 0.3 is 0 Å². The van der Waals surface area contributed by atoms with Gasteiger partial charge in [-0.05, 0) is 80.9 Å². The summed E-state index contributed by atoms with van der Waals surface area (Å²) in [5.41, 5.74) is 4.92. The first-order valence-electron chi connectivity index (χ1n) is 11.1. The van der Waals surface area contributed by atoms with Gasteiger partial charge < -0.3 is 20.7 Å². The Morgan fingerprint density at radius 2 is 1.90 bits per heavy atom. The van der Waals surface area contributed by atoms with Crippen molar-refractivity contribution in [3.05, 3.63) is 40.8 Å². The van der Waals surface area contributed by atoms with Crippen molar-refractivity contribution in [3.8, 4) is 0 Å². The smallest absolute Gasteiger partial charge is 0.259 e. The van der Waals surface area contributed by atoms with Gasteiger partial charge in [0.25, 0.3) is 5.56 Å². The van der Waals surface area contributed by atoms with Crippen molar-refractivity contribution in [2.24, 2.45) is 23.0 Å².